The third-order valence-electron chi connectivity index (χ3n) is 4.98. The zero-order valence-corrected chi connectivity index (χ0v) is 14.7. The zero-order chi connectivity index (χ0) is 17.9. The van der Waals surface area contributed by atoms with Gasteiger partial charge in [-0.25, -0.2) is 4.39 Å². The molecule has 6 nitrogen and oxygen atoms in total. The van der Waals surface area contributed by atoms with Crippen molar-refractivity contribution >= 4 is 5.91 Å². The van der Waals surface area contributed by atoms with Crippen LogP contribution in [0.4, 0.5) is 4.39 Å². The van der Waals surface area contributed by atoms with Crippen LogP contribution in [0.5, 0.6) is 0 Å². The molecule has 2 aliphatic rings. The Balaban J connectivity index is 1.34. The molecule has 138 valence electrons. The quantitative estimate of drug-likeness (QED) is 0.903. The van der Waals surface area contributed by atoms with Gasteiger partial charge in [0.2, 0.25) is 5.91 Å². The summed E-state index contributed by atoms with van der Waals surface area (Å²) in [6.07, 6.45) is 0.900. The van der Waals surface area contributed by atoms with Crippen LogP contribution >= 0.6 is 0 Å². The molecule has 1 aromatic heterocycles. The lowest BCUT2D eigenvalue weighted by Gasteiger charge is -2.33. The summed E-state index contributed by atoms with van der Waals surface area (Å²) < 4.78 is 20.9. The van der Waals surface area contributed by atoms with E-state index >= 15 is 0 Å². The highest BCUT2D eigenvalue weighted by molar-refractivity contribution is 5.76. The summed E-state index contributed by atoms with van der Waals surface area (Å²) in [5.41, 5.74) is 3.06. The van der Waals surface area contributed by atoms with Crippen LogP contribution in [0.15, 0.2) is 30.3 Å². The summed E-state index contributed by atoms with van der Waals surface area (Å²) in [5, 5.41) is 7.91. The second-order valence-corrected chi connectivity index (χ2v) is 6.78. The molecule has 2 aliphatic heterocycles. The highest BCUT2D eigenvalue weighted by Crippen LogP contribution is 2.23. The minimum atomic E-state index is -0.268. The summed E-state index contributed by atoms with van der Waals surface area (Å²) in [5.74, 6) is -0.153. The van der Waals surface area contributed by atoms with E-state index in [-0.39, 0.29) is 17.8 Å². The lowest BCUT2D eigenvalue weighted by atomic mass is 10.1. The number of nitrogens with one attached hydrogen (secondary N) is 1. The molecule has 0 radical (unpaired) electrons. The Kier molecular flexibility index (Phi) is 4.99. The molecule has 3 heterocycles. The monoisotopic (exact) mass is 358 g/mol. The third kappa shape index (κ3) is 3.78. The number of rotatable bonds is 4. The Morgan fingerprint density at radius 2 is 2.15 bits per heavy atom. The number of amides is 1. The minimum absolute atomic E-state index is 0.115. The molecule has 26 heavy (non-hydrogen) atoms. The average Bonchev–Trinajstić information content (AvgIpc) is 3.10. The van der Waals surface area contributed by atoms with Gasteiger partial charge >= 0.3 is 0 Å². The molecule has 1 N–H and O–H groups in total. The number of benzene rings is 1. The van der Waals surface area contributed by atoms with E-state index in [1.807, 2.05) is 9.58 Å². The molecule has 1 atom stereocenters. The van der Waals surface area contributed by atoms with Crippen LogP contribution in [0, 0.1) is 5.82 Å². The van der Waals surface area contributed by atoms with Crippen molar-refractivity contribution in [1.82, 2.24) is 20.0 Å². The number of nitrogens with zero attached hydrogens (tertiary/aromatic N) is 3. The van der Waals surface area contributed by atoms with Gasteiger partial charge in [0.15, 0.2) is 0 Å². The number of ether oxygens (including phenoxy) is 1. The number of hydrogen-bond donors (Lipinski definition) is 1. The first-order valence-corrected chi connectivity index (χ1v) is 9.10. The van der Waals surface area contributed by atoms with E-state index in [0.717, 1.165) is 30.9 Å². The Morgan fingerprint density at radius 3 is 2.96 bits per heavy atom. The Labute approximate surface area is 151 Å². The molecule has 1 aromatic carbocycles. The van der Waals surface area contributed by atoms with Crippen molar-refractivity contribution in [3.8, 4) is 0 Å². The van der Waals surface area contributed by atoms with Gasteiger partial charge in [-0.15, -0.1) is 0 Å². The highest BCUT2D eigenvalue weighted by Gasteiger charge is 2.25. The maximum absolute atomic E-state index is 13.1. The zero-order valence-electron chi connectivity index (χ0n) is 14.7. The topological polar surface area (TPSA) is 59.4 Å². The molecule has 1 saturated heterocycles. The molecule has 0 spiro atoms. The fraction of sp³-hybridized carbons (Fsp3) is 0.474. The van der Waals surface area contributed by atoms with Crippen molar-refractivity contribution in [1.29, 1.82) is 0 Å². The summed E-state index contributed by atoms with van der Waals surface area (Å²) in [4.78, 5) is 14.5. The Morgan fingerprint density at radius 1 is 1.31 bits per heavy atom. The predicted molar refractivity (Wildman–Crippen MR) is 93.9 cm³/mol. The molecule has 1 unspecified atom stereocenters. The van der Waals surface area contributed by atoms with Crippen molar-refractivity contribution in [2.75, 3.05) is 26.2 Å². The number of carbonyl (C=O) groups is 1. The van der Waals surface area contributed by atoms with Gasteiger partial charge in [0.25, 0.3) is 0 Å². The lowest BCUT2D eigenvalue weighted by molar-refractivity contribution is -0.139. The Hall–Kier alpha value is -2.25. The van der Waals surface area contributed by atoms with Crippen molar-refractivity contribution in [3.63, 3.8) is 0 Å². The molecular weight excluding hydrogens is 335 g/mol. The molecular formula is C19H23FN4O2. The van der Waals surface area contributed by atoms with Gasteiger partial charge in [-0.1, -0.05) is 12.1 Å². The van der Waals surface area contributed by atoms with Gasteiger partial charge < -0.3 is 15.0 Å². The van der Waals surface area contributed by atoms with E-state index in [1.165, 1.54) is 17.8 Å². The van der Waals surface area contributed by atoms with E-state index in [2.05, 4.69) is 16.5 Å². The van der Waals surface area contributed by atoms with Crippen molar-refractivity contribution in [3.05, 3.63) is 53.1 Å². The first kappa shape index (κ1) is 17.2. The number of fused-ring (bicyclic) bond motifs is 1. The van der Waals surface area contributed by atoms with Gasteiger partial charge in [0, 0.05) is 32.5 Å². The fourth-order valence-electron chi connectivity index (χ4n) is 3.52. The van der Waals surface area contributed by atoms with Gasteiger partial charge in [-0.3, -0.25) is 9.48 Å². The standard InChI is InChI=1S/C19H23FN4O2/c20-15-3-1-14(2-4-15)18-13-23(9-10-26-18)19(25)6-5-16-11-17-12-21-7-8-24(17)22-16/h1-4,11,18,21H,5-10,12-13H2. The van der Waals surface area contributed by atoms with E-state index < -0.39 is 0 Å². The molecule has 0 saturated carbocycles. The number of carbonyl (C=O) groups excluding carboxylic acids is 1. The van der Waals surface area contributed by atoms with E-state index in [0.29, 0.717) is 32.5 Å². The van der Waals surface area contributed by atoms with Crippen molar-refractivity contribution < 1.29 is 13.9 Å². The fourth-order valence-corrected chi connectivity index (χ4v) is 3.52. The predicted octanol–water partition coefficient (Wildman–Crippen LogP) is 1.66. The molecule has 1 amide bonds. The Bertz CT molecular complexity index is 751. The molecule has 7 heteroatoms. The van der Waals surface area contributed by atoms with E-state index in [4.69, 9.17) is 4.74 Å². The molecule has 0 bridgehead atoms. The van der Waals surface area contributed by atoms with Gasteiger partial charge in [0.1, 0.15) is 11.9 Å². The first-order chi connectivity index (χ1) is 12.7. The normalized spacial score (nSPS) is 20.0. The van der Waals surface area contributed by atoms with Crippen LogP contribution in [0.25, 0.3) is 0 Å². The summed E-state index contributed by atoms with van der Waals surface area (Å²) in [7, 11) is 0. The molecule has 0 aliphatic carbocycles. The van der Waals surface area contributed by atoms with Gasteiger partial charge in [-0.05, 0) is 23.8 Å². The van der Waals surface area contributed by atoms with Gasteiger partial charge in [0.05, 0.1) is 31.1 Å². The van der Waals surface area contributed by atoms with E-state index in [9.17, 15) is 9.18 Å². The molecule has 2 aromatic rings. The third-order valence-corrected chi connectivity index (χ3v) is 4.98. The maximum atomic E-state index is 13.1. The minimum Gasteiger partial charge on any atom is -0.370 e. The number of aromatic nitrogens is 2. The second-order valence-electron chi connectivity index (χ2n) is 6.78. The van der Waals surface area contributed by atoms with Crippen LogP contribution in [-0.2, 0) is 29.0 Å². The van der Waals surface area contributed by atoms with E-state index in [1.54, 1.807) is 12.1 Å². The summed E-state index contributed by atoms with van der Waals surface area (Å²) in [6, 6.07) is 8.37. The average molecular weight is 358 g/mol. The van der Waals surface area contributed by atoms with Crippen LogP contribution in [-0.4, -0.2) is 46.8 Å². The molecule has 1 fully saturated rings. The highest BCUT2D eigenvalue weighted by atomic mass is 19.1. The smallest absolute Gasteiger partial charge is 0.223 e. The van der Waals surface area contributed by atoms with Crippen LogP contribution in [0.2, 0.25) is 0 Å². The van der Waals surface area contributed by atoms with Crippen LogP contribution in [0.1, 0.15) is 29.5 Å². The number of aryl methyl sites for hydroxylation is 1. The summed E-state index contributed by atoms with van der Waals surface area (Å²) >= 11 is 0. The number of hydrogen-bond acceptors (Lipinski definition) is 4. The van der Waals surface area contributed by atoms with Gasteiger partial charge in [-0.2, -0.15) is 5.10 Å². The van der Waals surface area contributed by atoms with Crippen LogP contribution in [0.3, 0.4) is 0 Å². The second kappa shape index (κ2) is 7.55. The molecule has 4 rings (SSSR count). The van der Waals surface area contributed by atoms with Crippen molar-refractivity contribution in [2.24, 2.45) is 0 Å². The maximum Gasteiger partial charge on any atom is 0.223 e. The number of halogens is 1. The summed E-state index contributed by atoms with van der Waals surface area (Å²) in [6.45, 7) is 4.26. The lowest BCUT2D eigenvalue weighted by Crippen LogP contribution is -2.42. The first-order valence-electron chi connectivity index (χ1n) is 9.10. The SMILES string of the molecule is O=C(CCc1cc2n(n1)CCNC2)N1CCOC(c2ccc(F)cc2)C1. The van der Waals surface area contributed by atoms with Crippen molar-refractivity contribution in [2.45, 2.75) is 32.0 Å². The number of morpholine rings is 1. The largest absolute Gasteiger partial charge is 0.370 e. The van der Waals surface area contributed by atoms with Crippen LogP contribution < -0.4 is 5.32 Å².